The van der Waals surface area contributed by atoms with Crippen LogP contribution in [0.2, 0.25) is 5.02 Å². The number of Topliss-reactive ketones (excluding diaryl/α,β-unsaturated/α-hetero) is 1. The van der Waals surface area contributed by atoms with Gasteiger partial charge in [-0.25, -0.2) is 4.98 Å². The molecule has 0 radical (unpaired) electrons. The van der Waals surface area contributed by atoms with Gasteiger partial charge >= 0.3 is 5.91 Å². The third-order valence-electron chi connectivity index (χ3n) is 5.69. The lowest BCUT2D eigenvalue weighted by molar-refractivity contribution is -0.132. The minimum Gasteiger partial charge on any atom is -0.507 e. The van der Waals surface area contributed by atoms with E-state index < -0.39 is 17.7 Å². The summed E-state index contributed by atoms with van der Waals surface area (Å²) >= 11 is 7.33. The van der Waals surface area contributed by atoms with Crippen LogP contribution in [0.3, 0.4) is 0 Å². The summed E-state index contributed by atoms with van der Waals surface area (Å²) in [4.78, 5) is 32.5. The molecule has 1 aliphatic heterocycles. The highest BCUT2D eigenvalue weighted by Gasteiger charge is 2.48. The van der Waals surface area contributed by atoms with E-state index in [1.54, 1.807) is 24.3 Å². The molecular weight excluding hydrogens is 456 g/mol. The van der Waals surface area contributed by atoms with Crippen LogP contribution in [0, 0.1) is 13.8 Å². The van der Waals surface area contributed by atoms with Gasteiger partial charge < -0.3 is 5.11 Å². The minimum absolute atomic E-state index is 0.0293. The number of halogens is 1. The van der Waals surface area contributed by atoms with Crippen molar-refractivity contribution >= 4 is 55.7 Å². The van der Waals surface area contributed by atoms with Gasteiger partial charge in [-0.2, -0.15) is 0 Å². The molecule has 1 unspecified atom stereocenters. The molecule has 4 aromatic rings. The van der Waals surface area contributed by atoms with Gasteiger partial charge in [0.2, 0.25) is 0 Å². The normalized spacial score (nSPS) is 17.8. The summed E-state index contributed by atoms with van der Waals surface area (Å²) < 4.78 is 0.923. The van der Waals surface area contributed by atoms with E-state index in [-0.39, 0.29) is 11.3 Å². The Kier molecular flexibility index (Phi) is 5.27. The van der Waals surface area contributed by atoms with Crippen LogP contribution in [0.5, 0.6) is 0 Å². The number of fused-ring (bicyclic) bond motifs is 1. The second-order valence-electron chi connectivity index (χ2n) is 8.05. The van der Waals surface area contributed by atoms with Crippen molar-refractivity contribution in [2.24, 2.45) is 0 Å². The molecule has 0 saturated carbocycles. The van der Waals surface area contributed by atoms with E-state index in [2.05, 4.69) is 4.98 Å². The Balaban J connectivity index is 1.73. The summed E-state index contributed by atoms with van der Waals surface area (Å²) in [5.74, 6) is -1.70. The average molecular weight is 475 g/mol. The van der Waals surface area contributed by atoms with Crippen molar-refractivity contribution in [1.82, 2.24) is 4.98 Å². The fourth-order valence-corrected chi connectivity index (χ4v) is 5.20. The van der Waals surface area contributed by atoms with Crippen molar-refractivity contribution < 1.29 is 14.7 Å². The van der Waals surface area contributed by atoms with E-state index in [1.807, 2.05) is 56.3 Å². The van der Waals surface area contributed by atoms with Crippen molar-refractivity contribution in [2.75, 3.05) is 4.90 Å². The molecule has 1 aromatic heterocycles. The number of rotatable bonds is 3. The van der Waals surface area contributed by atoms with E-state index in [0.717, 1.165) is 21.3 Å². The fourth-order valence-electron chi connectivity index (χ4n) is 3.98. The van der Waals surface area contributed by atoms with E-state index in [0.29, 0.717) is 21.3 Å². The highest BCUT2D eigenvalue weighted by Crippen LogP contribution is 2.44. The van der Waals surface area contributed by atoms with Gasteiger partial charge in [0.05, 0.1) is 21.8 Å². The second-order valence-corrected chi connectivity index (χ2v) is 9.50. The first-order valence-electron chi connectivity index (χ1n) is 10.3. The summed E-state index contributed by atoms with van der Waals surface area (Å²) in [5, 5.41) is 12.1. The number of hydrogen-bond donors (Lipinski definition) is 1. The third-order valence-corrected chi connectivity index (χ3v) is 6.96. The number of anilines is 1. The van der Waals surface area contributed by atoms with Crippen LogP contribution in [0.15, 0.2) is 72.3 Å². The molecule has 3 aromatic carbocycles. The number of aromatic nitrogens is 1. The maximum Gasteiger partial charge on any atom is 0.301 e. The minimum atomic E-state index is -0.803. The Hall–Kier alpha value is -3.48. The predicted octanol–water partition coefficient (Wildman–Crippen LogP) is 6.19. The number of thiazole rings is 1. The average Bonchev–Trinajstić information content (AvgIpc) is 3.32. The lowest BCUT2D eigenvalue weighted by Crippen LogP contribution is -2.29. The molecule has 0 aliphatic carbocycles. The summed E-state index contributed by atoms with van der Waals surface area (Å²) in [7, 11) is 0. The van der Waals surface area contributed by atoms with Gasteiger partial charge in [0, 0.05) is 10.6 Å². The number of amides is 1. The third kappa shape index (κ3) is 3.71. The number of aryl methyl sites for hydroxylation is 2. The molecule has 1 fully saturated rings. The highest BCUT2D eigenvalue weighted by atomic mass is 35.5. The maximum absolute atomic E-state index is 13.3. The van der Waals surface area contributed by atoms with Gasteiger partial charge in [-0.15, -0.1) is 0 Å². The second kappa shape index (κ2) is 8.14. The van der Waals surface area contributed by atoms with Gasteiger partial charge in [0.1, 0.15) is 5.76 Å². The molecule has 33 heavy (non-hydrogen) atoms. The van der Waals surface area contributed by atoms with Crippen LogP contribution in [-0.2, 0) is 9.59 Å². The molecule has 1 atom stereocenters. The van der Waals surface area contributed by atoms with Gasteiger partial charge in [-0.05, 0) is 61.4 Å². The molecule has 2 heterocycles. The standard InChI is InChI=1S/C26H19ClN2O3S/c1-14-3-6-16(7-4-14)22-21(23(30)17-8-10-18(27)11-9-17)24(31)25(32)29(22)26-28-19-12-5-15(2)13-20(19)33-26/h3-13,22,30H,1-2H3. The van der Waals surface area contributed by atoms with Crippen molar-refractivity contribution in [1.29, 1.82) is 0 Å². The monoisotopic (exact) mass is 474 g/mol. The van der Waals surface area contributed by atoms with E-state index in [4.69, 9.17) is 11.6 Å². The van der Waals surface area contributed by atoms with Gasteiger partial charge in [-0.3, -0.25) is 14.5 Å². The van der Waals surface area contributed by atoms with Crippen molar-refractivity contribution in [2.45, 2.75) is 19.9 Å². The topological polar surface area (TPSA) is 70.5 Å². The number of ketones is 1. The fraction of sp³-hybridized carbons (Fsp3) is 0.115. The van der Waals surface area contributed by atoms with Crippen LogP contribution in [0.25, 0.3) is 16.0 Å². The van der Waals surface area contributed by atoms with Crippen LogP contribution < -0.4 is 4.90 Å². The van der Waals surface area contributed by atoms with Gasteiger partial charge in [0.25, 0.3) is 5.78 Å². The first kappa shape index (κ1) is 21.4. The Bertz CT molecular complexity index is 1440. The van der Waals surface area contributed by atoms with Gasteiger partial charge in [-0.1, -0.05) is 58.8 Å². The van der Waals surface area contributed by atoms with Crippen LogP contribution in [-0.4, -0.2) is 21.8 Å². The lowest BCUT2D eigenvalue weighted by atomic mass is 9.95. The van der Waals surface area contributed by atoms with Crippen molar-refractivity contribution in [3.8, 4) is 0 Å². The summed E-state index contributed by atoms with van der Waals surface area (Å²) in [6.07, 6.45) is 0. The number of aliphatic hydroxyl groups is 1. The molecule has 0 spiro atoms. The molecule has 1 saturated heterocycles. The zero-order chi connectivity index (χ0) is 23.3. The first-order valence-corrected chi connectivity index (χ1v) is 11.5. The predicted molar refractivity (Wildman–Crippen MR) is 132 cm³/mol. The number of nitrogens with zero attached hydrogens (tertiary/aromatic N) is 2. The SMILES string of the molecule is Cc1ccc(C2C(=C(O)c3ccc(Cl)cc3)C(=O)C(=O)N2c2nc3ccc(C)cc3s2)cc1. The smallest absolute Gasteiger partial charge is 0.301 e. The Morgan fingerprint density at radius 2 is 1.64 bits per heavy atom. The Morgan fingerprint density at radius 3 is 2.33 bits per heavy atom. The molecule has 5 nitrogen and oxygen atoms in total. The molecule has 164 valence electrons. The molecule has 5 rings (SSSR count). The largest absolute Gasteiger partial charge is 0.507 e. The van der Waals surface area contributed by atoms with E-state index in [9.17, 15) is 14.7 Å². The quantitative estimate of drug-likeness (QED) is 0.218. The lowest BCUT2D eigenvalue weighted by Gasteiger charge is -2.23. The summed E-state index contributed by atoms with van der Waals surface area (Å²) in [6.45, 7) is 3.95. The number of carbonyl (C=O) groups is 2. The number of aliphatic hydroxyl groups excluding tert-OH is 1. The molecule has 1 amide bonds. The van der Waals surface area contributed by atoms with Crippen molar-refractivity contribution in [3.63, 3.8) is 0 Å². The zero-order valence-electron chi connectivity index (χ0n) is 17.9. The molecular formula is C26H19ClN2O3S. The molecule has 1 N–H and O–H groups in total. The number of benzene rings is 3. The first-order chi connectivity index (χ1) is 15.8. The van der Waals surface area contributed by atoms with Gasteiger partial charge in [0.15, 0.2) is 5.13 Å². The Labute approximate surface area is 199 Å². The summed E-state index contributed by atoms with van der Waals surface area (Å²) in [6, 6.07) is 19.1. The van der Waals surface area contributed by atoms with E-state index in [1.165, 1.54) is 16.2 Å². The van der Waals surface area contributed by atoms with Crippen molar-refractivity contribution in [3.05, 3.63) is 99.6 Å². The van der Waals surface area contributed by atoms with Crippen LogP contribution >= 0.6 is 22.9 Å². The molecule has 1 aliphatic rings. The van der Waals surface area contributed by atoms with Crippen LogP contribution in [0.4, 0.5) is 5.13 Å². The Morgan fingerprint density at radius 1 is 0.970 bits per heavy atom. The van der Waals surface area contributed by atoms with Crippen LogP contribution in [0.1, 0.15) is 28.3 Å². The molecule has 0 bridgehead atoms. The zero-order valence-corrected chi connectivity index (χ0v) is 19.4. The number of hydrogen-bond acceptors (Lipinski definition) is 5. The molecule has 7 heteroatoms. The number of carbonyl (C=O) groups excluding carboxylic acids is 2. The van der Waals surface area contributed by atoms with E-state index >= 15 is 0 Å². The maximum atomic E-state index is 13.3. The highest BCUT2D eigenvalue weighted by molar-refractivity contribution is 7.22. The summed E-state index contributed by atoms with van der Waals surface area (Å²) in [5.41, 5.74) is 4.03.